The van der Waals surface area contributed by atoms with Crippen molar-refractivity contribution < 1.29 is 29.0 Å². The van der Waals surface area contributed by atoms with Gasteiger partial charge in [-0.3, -0.25) is 14.4 Å². The van der Waals surface area contributed by atoms with Crippen LogP contribution in [0.4, 0.5) is 0 Å². The summed E-state index contributed by atoms with van der Waals surface area (Å²) in [6, 6.07) is -1.68. The van der Waals surface area contributed by atoms with Gasteiger partial charge in [0, 0.05) is 17.4 Å². The van der Waals surface area contributed by atoms with E-state index in [2.05, 4.69) is 29.1 Å². The average Bonchev–Trinajstić information content (AvgIpc) is 3.34. The molecule has 7 atom stereocenters. The molecule has 0 saturated carbocycles. The topological polar surface area (TPSA) is 96.4 Å². The van der Waals surface area contributed by atoms with Crippen LogP contribution in [0.5, 0.6) is 0 Å². The molecule has 3 rings (SSSR count). The Bertz CT molecular complexity index is 788. The maximum Gasteiger partial charge on any atom is 0.312 e. The molecule has 8 nitrogen and oxygen atoms in total. The molecule has 2 amide bonds. The van der Waals surface area contributed by atoms with Gasteiger partial charge in [-0.25, -0.2) is 0 Å². The molecule has 9 heteroatoms. The van der Waals surface area contributed by atoms with Crippen molar-refractivity contribution in [3.8, 4) is 0 Å². The molecule has 1 spiro atoms. The number of carbonyl (C=O) groups is 3. The lowest BCUT2D eigenvalue weighted by molar-refractivity contribution is -0.156. The molecule has 3 aliphatic rings. The largest absolute Gasteiger partial charge is 0.465 e. The first-order valence-electron chi connectivity index (χ1n) is 11.1. The third kappa shape index (κ3) is 3.82. The van der Waals surface area contributed by atoms with E-state index in [1.165, 1.54) is 4.90 Å². The van der Waals surface area contributed by atoms with E-state index in [9.17, 15) is 19.5 Å². The molecule has 3 heterocycles. The maximum absolute atomic E-state index is 13.9. The number of amides is 2. The van der Waals surface area contributed by atoms with Crippen LogP contribution >= 0.6 is 15.9 Å². The van der Waals surface area contributed by atoms with Gasteiger partial charge in [0.1, 0.15) is 11.6 Å². The molecule has 0 radical (unpaired) electrons. The first kappa shape index (κ1) is 24.9. The van der Waals surface area contributed by atoms with Gasteiger partial charge in [-0.2, -0.15) is 0 Å². The number of halogens is 1. The number of fused-ring (bicyclic) bond motifs is 1. The number of carbonyl (C=O) groups excluding carboxylic acids is 3. The summed E-state index contributed by atoms with van der Waals surface area (Å²) < 4.78 is 11.8. The molecule has 2 bridgehead atoms. The Labute approximate surface area is 197 Å². The van der Waals surface area contributed by atoms with Gasteiger partial charge in [0.2, 0.25) is 11.8 Å². The standard InChI is InChI=1S/C23H33BrN2O6/c1-6-8-10-31-22(30)16-17-20(28)26(14(5)12-27)19(21(29)25(9-7-2)13(3)4)23(17)11-15(24)18(16)32-23/h6-7,13-19,27H,1-2,8-12H2,3-5H3/t14-,15?,16-,17+,18-,19?,23?/m1/s1. The number of aliphatic hydroxyl groups excluding tert-OH is 1. The molecule has 3 unspecified atom stereocenters. The van der Waals surface area contributed by atoms with Crippen molar-refractivity contribution in [3.05, 3.63) is 25.3 Å². The van der Waals surface area contributed by atoms with Crippen LogP contribution in [-0.2, 0) is 23.9 Å². The van der Waals surface area contributed by atoms with E-state index in [1.54, 1.807) is 24.0 Å². The van der Waals surface area contributed by atoms with Crippen LogP contribution in [0.2, 0.25) is 0 Å². The number of aliphatic hydroxyl groups is 1. The summed E-state index contributed by atoms with van der Waals surface area (Å²) in [5, 5.41) is 9.88. The second-order valence-electron chi connectivity index (χ2n) is 9.06. The number of rotatable bonds is 10. The third-order valence-corrected chi connectivity index (χ3v) is 7.62. The van der Waals surface area contributed by atoms with E-state index < -0.39 is 41.6 Å². The number of alkyl halides is 1. The lowest BCUT2D eigenvalue weighted by Gasteiger charge is -2.39. The Balaban J connectivity index is 2.05. The smallest absolute Gasteiger partial charge is 0.312 e. The molecule has 178 valence electrons. The zero-order chi connectivity index (χ0) is 23.8. The van der Waals surface area contributed by atoms with Crippen LogP contribution in [0.25, 0.3) is 0 Å². The highest BCUT2D eigenvalue weighted by molar-refractivity contribution is 9.09. The van der Waals surface area contributed by atoms with E-state index in [0.29, 0.717) is 19.4 Å². The van der Waals surface area contributed by atoms with Gasteiger partial charge in [0.05, 0.1) is 37.2 Å². The van der Waals surface area contributed by atoms with Crippen molar-refractivity contribution in [3.63, 3.8) is 0 Å². The van der Waals surface area contributed by atoms with Gasteiger partial charge in [-0.15, -0.1) is 13.2 Å². The molecule has 0 aromatic carbocycles. The zero-order valence-corrected chi connectivity index (χ0v) is 20.5. The molecule has 3 aliphatic heterocycles. The summed E-state index contributed by atoms with van der Waals surface area (Å²) in [5.74, 6) is -2.77. The number of hydrogen-bond acceptors (Lipinski definition) is 6. The fourth-order valence-corrected chi connectivity index (χ4v) is 6.31. The summed E-state index contributed by atoms with van der Waals surface area (Å²) in [5.41, 5.74) is -1.16. The molecule has 0 aromatic rings. The van der Waals surface area contributed by atoms with Crippen molar-refractivity contribution >= 4 is 33.7 Å². The predicted molar refractivity (Wildman–Crippen MR) is 122 cm³/mol. The van der Waals surface area contributed by atoms with Crippen LogP contribution < -0.4 is 0 Å². The first-order chi connectivity index (χ1) is 15.2. The minimum absolute atomic E-state index is 0.129. The van der Waals surface area contributed by atoms with Crippen molar-refractivity contribution in [1.29, 1.82) is 0 Å². The monoisotopic (exact) mass is 512 g/mol. The highest BCUT2D eigenvalue weighted by atomic mass is 79.9. The van der Waals surface area contributed by atoms with Gasteiger partial charge in [0.25, 0.3) is 0 Å². The lowest BCUT2D eigenvalue weighted by atomic mass is 9.70. The summed E-state index contributed by atoms with van der Waals surface area (Å²) in [6.07, 6.45) is 3.65. The van der Waals surface area contributed by atoms with Gasteiger partial charge in [0.15, 0.2) is 0 Å². The quantitative estimate of drug-likeness (QED) is 0.207. The Morgan fingerprint density at radius 2 is 2.06 bits per heavy atom. The van der Waals surface area contributed by atoms with E-state index in [-0.39, 0.29) is 35.9 Å². The second-order valence-corrected chi connectivity index (χ2v) is 10.2. The number of ether oxygens (including phenoxy) is 2. The van der Waals surface area contributed by atoms with Gasteiger partial charge < -0.3 is 24.4 Å². The summed E-state index contributed by atoms with van der Waals surface area (Å²) >= 11 is 3.62. The average molecular weight is 513 g/mol. The van der Waals surface area contributed by atoms with Gasteiger partial charge in [-0.05, 0) is 33.6 Å². The van der Waals surface area contributed by atoms with Crippen LogP contribution in [0, 0.1) is 11.8 Å². The van der Waals surface area contributed by atoms with E-state index >= 15 is 0 Å². The van der Waals surface area contributed by atoms with Crippen molar-refractivity contribution in [1.82, 2.24) is 9.80 Å². The fourth-order valence-electron chi connectivity index (χ4n) is 5.37. The summed E-state index contributed by atoms with van der Waals surface area (Å²) in [4.78, 5) is 43.4. The molecule has 32 heavy (non-hydrogen) atoms. The van der Waals surface area contributed by atoms with Crippen LogP contribution in [0.3, 0.4) is 0 Å². The highest BCUT2D eigenvalue weighted by Crippen LogP contribution is 2.60. The van der Waals surface area contributed by atoms with E-state index in [4.69, 9.17) is 9.47 Å². The number of nitrogens with zero attached hydrogens (tertiary/aromatic N) is 2. The predicted octanol–water partition coefficient (Wildman–Crippen LogP) is 1.66. The molecule has 3 saturated heterocycles. The van der Waals surface area contributed by atoms with Crippen LogP contribution in [0.1, 0.15) is 33.6 Å². The minimum atomic E-state index is -1.16. The fraction of sp³-hybridized carbons (Fsp3) is 0.696. The number of likely N-dealkylation sites (tertiary alicyclic amines) is 1. The number of esters is 1. The van der Waals surface area contributed by atoms with Crippen LogP contribution in [-0.4, -0.2) is 87.1 Å². The van der Waals surface area contributed by atoms with Crippen molar-refractivity contribution in [2.75, 3.05) is 19.8 Å². The summed E-state index contributed by atoms with van der Waals surface area (Å²) in [6.45, 7) is 13.0. The van der Waals surface area contributed by atoms with E-state index in [1.807, 2.05) is 13.8 Å². The molecule has 0 aliphatic carbocycles. The van der Waals surface area contributed by atoms with Gasteiger partial charge >= 0.3 is 5.97 Å². The SMILES string of the molecule is C=CCCOC(=O)[C@H]1[C@@H]2OC3(CC2Br)C(C(=O)N(CC=C)C(C)C)N([C@H](C)CO)C(=O)[C@H]13. The third-order valence-electron chi connectivity index (χ3n) is 6.77. The van der Waals surface area contributed by atoms with Crippen molar-refractivity contribution in [2.45, 2.75) is 68.3 Å². The highest BCUT2D eigenvalue weighted by Gasteiger charge is 2.77. The molecule has 0 aromatic heterocycles. The number of hydrogen-bond donors (Lipinski definition) is 1. The van der Waals surface area contributed by atoms with Crippen LogP contribution in [0.15, 0.2) is 25.3 Å². The molecule has 3 fully saturated rings. The second kappa shape index (κ2) is 9.65. The minimum Gasteiger partial charge on any atom is -0.465 e. The first-order valence-corrected chi connectivity index (χ1v) is 12.0. The lowest BCUT2D eigenvalue weighted by Crippen LogP contribution is -2.59. The van der Waals surface area contributed by atoms with Gasteiger partial charge in [-0.1, -0.05) is 28.1 Å². The normalized spacial score (nSPS) is 33.9. The zero-order valence-electron chi connectivity index (χ0n) is 18.9. The van der Waals surface area contributed by atoms with Crippen molar-refractivity contribution in [2.24, 2.45) is 11.8 Å². The molecule has 1 N–H and O–H groups in total. The van der Waals surface area contributed by atoms with E-state index in [0.717, 1.165) is 0 Å². The summed E-state index contributed by atoms with van der Waals surface area (Å²) in [7, 11) is 0. The Hall–Kier alpha value is -1.71. The Morgan fingerprint density at radius 1 is 1.38 bits per heavy atom. The maximum atomic E-state index is 13.9. The molecular formula is C23H33BrN2O6. The molecular weight excluding hydrogens is 480 g/mol. The Kier molecular flexibility index (Phi) is 7.51. The Morgan fingerprint density at radius 3 is 2.62 bits per heavy atom.